The molecule has 0 bridgehead atoms. The van der Waals surface area contributed by atoms with E-state index in [1.54, 1.807) is 11.3 Å². The lowest BCUT2D eigenvalue weighted by Gasteiger charge is -2.17. The minimum Gasteiger partial charge on any atom is -0.480 e. The molecule has 0 atom stereocenters. The molecule has 0 aliphatic carbocycles. The van der Waals surface area contributed by atoms with Crippen molar-refractivity contribution in [3.63, 3.8) is 0 Å². The van der Waals surface area contributed by atoms with Crippen molar-refractivity contribution in [2.45, 2.75) is 27.3 Å². The maximum Gasteiger partial charge on any atom is 0.323 e. The average Bonchev–Trinajstić information content (AvgIpc) is 3.62. The van der Waals surface area contributed by atoms with E-state index in [1.165, 1.54) is 39.2 Å². The predicted octanol–water partition coefficient (Wildman–Crippen LogP) is 6.79. The molecule has 0 radical (unpaired) electrons. The summed E-state index contributed by atoms with van der Waals surface area (Å²) in [4.78, 5) is 39.7. The van der Waals surface area contributed by atoms with Gasteiger partial charge in [-0.2, -0.15) is 5.26 Å². The fraction of sp³-hybridized carbons (Fsp3) is 0.188. The van der Waals surface area contributed by atoms with Crippen molar-refractivity contribution in [1.82, 2.24) is 9.47 Å². The third kappa shape index (κ3) is 5.44. The normalized spacial score (nSPS) is 11.6. The second-order valence-electron chi connectivity index (χ2n) is 9.89. The number of fused-ring (bicyclic) bond motifs is 3. The number of rotatable bonds is 9. The van der Waals surface area contributed by atoms with Gasteiger partial charge in [0.05, 0.1) is 0 Å². The Labute approximate surface area is 250 Å². The van der Waals surface area contributed by atoms with Gasteiger partial charge in [0.25, 0.3) is 5.91 Å². The first kappa shape index (κ1) is 28.8. The van der Waals surface area contributed by atoms with Gasteiger partial charge in [-0.05, 0) is 73.9 Å². The van der Waals surface area contributed by atoms with Crippen LogP contribution in [0.4, 0.5) is 0 Å². The molecule has 212 valence electrons. The van der Waals surface area contributed by atoms with Crippen LogP contribution in [0.25, 0.3) is 48.1 Å². The molecular weight excluding hydrogens is 571 g/mol. The van der Waals surface area contributed by atoms with E-state index in [0.29, 0.717) is 9.78 Å². The molecule has 3 aromatic heterocycles. The molecule has 0 saturated carbocycles. The van der Waals surface area contributed by atoms with Gasteiger partial charge in [0.2, 0.25) is 0 Å². The number of nitrogens with zero attached hydrogens (tertiary/aromatic N) is 3. The Morgan fingerprint density at radius 2 is 1.57 bits per heavy atom. The number of amides is 1. The third-order valence-corrected chi connectivity index (χ3v) is 9.69. The van der Waals surface area contributed by atoms with Gasteiger partial charge in [0.1, 0.15) is 24.7 Å². The molecular formula is C32H27N3O5S2. The van der Waals surface area contributed by atoms with Crippen LogP contribution in [-0.2, 0) is 20.9 Å². The molecule has 0 aliphatic heterocycles. The first-order valence-corrected chi connectivity index (χ1v) is 14.8. The van der Waals surface area contributed by atoms with Gasteiger partial charge in [-0.3, -0.25) is 14.4 Å². The fourth-order valence-corrected chi connectivity index (χ4v) is 7.59. The molecule has 5 rings (SSSR count). The summed E-state index contributed by atoms with van der Waals surface area (Å²) in [6.07, 6.45) is 1.41. The molecule has 5 aromatic rings. The van der Waals surface area contributed by atoms with Crippen LogP contribution in [0.3, 0.4) is 0 Å². The number of para-hydroxylation sites is 1. The fourth-order valence-electron chi connectivity index (χ4n) is 5.14. The largest absolute Gasteiger partial charge is 0.480 e. The zero-order valence-corrected chi connectivity index (χ0v) is 24.8. The zero-order chi connectivity index (χ0) is 30.1. The quantitative estimate of drug-likeness (QED) is 0.142. The number of hydrogen-bond acceptors (Lipinski definition) is 6. The topological polar surface area (TPSA) is 124 Å². The highest BCUT2D eigenvalue weighted by Gasteiger charge is 2.24. The van der Waals surface area contributed by atoms with Gasteiger partial charge in [-0.15, -0.1) is 22.7 Å². The Hall–Kier alpha value is -4.72. The summed E-state index contributed by atoms with van der Waals surface area (Å²) in [5.74, 6) is -3.67. The van der Waals surface area contributed by atoms with Crippen molar-refractivity contribution in [3.05, 3.63) is 76.2 Å². The number of hydrogen-bond donors (Lipinski definition) is 2. The number of carboxylic acids is 2. The highest BCUT2D eigenvalue weighted by molar-refractivity contribution is 7.24. The van der Waals surface area contributed by atoms with Crippen LogP contribution < -0.4 is 0 Å². The zero-order valence-electron chi connectivity index (χ0n) is 23.2. The number of benzene rings is 2. The lowest BCUT2D eigenvalue weighted by atomic mass is 10.1. The van der Waals surface area contributed by atoms with E-state index in [0.717, 1.165) is 37.9 Å². The molecule has 2 N–H and O–H groups in total. The van der Waals surface area contributed by atoms with Gasteiger partial charge < -0.3 is 19.7 Å². The van der Waals surface area contributed by atoms with E-state index < -0.39 is 30.9 Å². The number of carboxylic acid groups (broad SMARTS) is 2. The highest BCUT2D eigenvalue weighted by atomic mass is 32.1. The van der Waals surface area contributed by atoms with Crippen LogP contribution >= 0.6 is 22.7 Å². The Bertz CT molecular complexity index is 1940. The number of aliphatic carboxylic acids is 2. The van der Waals surface area contributed by atoms with Crippen molar-refractivity contribution >= 4 is 68.4 Å². The second-order valence-corrected chi connectivity index (χ2v) is 12.0. The van der Waals surface area contributed by atoms with E-state index in [-0.39, 0.29) is 5.57 Å². The summed E-state index contributed by atoms with van der Waals surface area (Å²) in [7, 11) is 0. The summed E-state index contributed by atoms with van der Waals surface area (Å²) in [6, 6.07) is 21.0. The maximum atomic E-state index is 12.9. The number of aryl methyl sites for hydroxylation is 3. The van der Waals surface area contributed by atoms with Crippen LogP contribution in [0, 0.1) is 25.2 Å². The standard InChI is InChI=1S/C32H27N3O5S2/c1-4-35-24-8-6-5-7-22(24)23-13-20(9-10-25(23)35)27-12-19(3)31(42-27)28-11-18(2)26(41-28)14-21(15-33)32(40)34(16-29(36)37)17-30(38)39/h5-14H,4,16-17H2,1-3H3,(H,36,37)(H,38,39)/b21-14+. The van der Waals surface area contributed by atoms with Gasteiger partial charge in [-0.25, -0.2) is 0 Å². The van der Waals surface area contributed by atoms with Gasteiger partial charge in [0, 0.05) is 47.9 Å². The highest BCUT2D eigenvalue weighted by Crippen LogP contribution is 2.43. The van der Waals surface area contributed by atoms with Crippen molar-refractivity contribution in [2.24, 2.45) is 0 Å². The maximum absolute atomic E-state index is 12.9. The Balaban J connectivity index is 1.49. The summed E-state index contributed by atoms with van der Waals surface area (Å²) < 4.78 is 2.33. The molecule has 0 spiro atoms. The number of nitriles is 1. The third-order valence-electron chi connectivity index (χ3n) is 7.04. The van der Waals surface area contributed by atoms with Gasteiger partial charge in [0.15, 0.2) is 0 Å². The minimum absolute atomic E-state index is 0.322. The van der Waals surface area contributed by atoms with E-state index in [2.05, 4.69) is 66.9 Å². The first-order chi connectivity index (χ1) is 20.1. The Morgan fingerprint density at radius 3 is 2.24 bits per heavy atom. The Morgan fingerprint density at radius 1 is 0.905 bits per heavy atom. The molecule has 0 unspecified atom stereocenters. The van der Waals surface area contributed by atoms with Gasteiger partial charge >= 0.3 is 11.9 Å². The van der Waals surface area contributed by atoms with Crippen molar-refractivity contribution in [3.8, 4) is 26.3 Å². The Kier molecular flexibility index (Phi) is 7.98. The SMILES string of the molecule is CCn1c2ccccc2c2cc(-c3cc(C)c(-c4cc(C)c(/C=C(\C#N)C(=O)N(CC(=O)O)CC(=O)O)s4)s3)ccc21. The molecule has 8 nitrogen and oxygen atoms in total. The van der Waals surface area contributed by atoms with Crippen LogP contribution in [0.15, 0.2) is 60.2 Å². The summed E-state index contributed by atoms with van der Waals surface area (Å²) in [5.41, 5.74) is 5.18. The van der Waals surface area contributed by atoms with Gasteiger partial charge in [-0.1, -0.05) is 24.3 Å². The monoisotopic (exact) mass is 597 g/mol. The van der Waals surface area contributed by atoms with Crippen molar-refractivity contribution in [2.75, 3.05) is 13.1 Å². The predicted molar refractivity (Wildman–Crippen MR) is 167 cm³/mol. The number of thiophene rings is 2. The van der Waals surface area contributed by atoms with Crippen LogP contribution in [0.5, 0.6) is 0 Å². The van der Waals surface area contributed by atoms with E-state index in [1.807, 2.05) is 19.1 Å². The smallest absolute Gasteiger partial charge is 0.323 e. The van der Waals surface area contributed by atoms with E-state index in [9.17, 15) is 19.6 Å². The molecule has 3 heterocycles. The van der Waals surface area contributed by atoms with Crippen LogP contribution in [0.1, 0.15) is 22.9 Å². The molecule has 0 aliphatic rings. The molecule has 0 fully saturated rings. The molecule has 42 heavy (non-hydrogen) atoms. The first-order valence-electron chi connectivity index (χ1n) is 13.2. The minimum atomic E-state index is -1.37. The van der Waals surface area contributed by atoms with Crippen LogP contribution in [0.2, 0.25) is 0 Å². The van der Waals surface area contributed by atoms with Crippen molar-refractivity contribution in [1.29, 1.82) is 5.26 Å². The second kappa shape index (κ2) is 11.6. The number of carbonyl (C=O) groups excluding carboxylic acids is 1. The molecule has 0 saturated heterocycles. The summed E-state index contributed by atoms with van der Waals surface area (Å²) in [6.45, 7) is 5.33. The summed E-state index contributed by atoms with van der Waals surface area (Å²) in [5, 5.41) is 30.3. The number of aromatic nitrogens is 1. The van der Waals surface area contributed by atoms with E-state index >= 15 is 0 Å². The number of carbonyl (C=O) groups is 3. The van der Waals surface area contributed by atoms with Crippen molar-refractivity contribution < 1.29 is 24.6 Å². The molecule has 10 heteroatoms. The molecule has 1 amide bonds. The molecule has 2 aromatic carbocycles. The van der Waals surface area contributed by atoms with E-state index in [4.69, 9.17) is 10.2 Å². The lowest BCUT2D eigenvalue weighted by Crippen LogP contribution is -2.39. The average molecular weight is 598 g/mol. The lowest BCUT2D eigenvalue weighted by molar-refractivity contribution is -0.147. The van der Waals surface area contributed by atoms with Crippen LogP contribution in [-0.4, -0.2) is 50.6 Å². The summed E-state index contributed by atoms with van der Waals surface area (Å²) >= 11 is 3.10.